The zero-order chi connectivity index (χ0) is 15.9. The highest BCUT2D eigenvalue weighted by atomic mass is 19.2. The van der Waals surface area contributed by atoms with E-state index >= 15 is 0 Å². The summed E-state index contributed by atoms with van der Waals surface area (Å²) >= 11 is 0. The smallest absolute Gasteiger partial charge is 0.370 e. The van der Waals surface area contributed by atoms with Crippen molar-refractivity contribution < 1.29 is 41.8 Å². The van der Waals surface area contributed by atoms with Gasteiger partial charge in [0, 0.05) is 12.1 Å². The summed E-state index contributed by atoms with van der Waals surface area (Å²) in [5, 5.41) is 18.3. The molecule has 0 radical (unpaired) electrons. The molecule has 0 amide bonds. The predicted octanol–water partition coefficient (Wildman–Crippen LogP) is 1.86. The van der Waals surface area contributed by atoms with Crippen LogP contribution in [0.5, 0.6) is 11.8 Å². The second-order valence-electron chi connectivity index (χ2n) is 3.67. The van der Waals surface area contributed by atoms with Crippen molar-refractivity contribution in [2.45, 2.75) is 0 Å². The molecule has 1 aromatic heterocycles. The third-order valence-corrected chi connectivity index (χ3v) is 2.39. The molecule has 112 valence electrons. The lowest BCUT2D eigenvalue weighted by atomic mass is 10.1. The molecule has 2 N–H and O–H groups in total. The van der Waals surface area contributed by atoms with Gasteiger partial charge in [0.05, 0.1) is 0 Å². The van der Waals surface area contributed by atoms with Gasteiger partial charge in [0.25, 0.3) is 0 Å². The molecule has 0 saturated carbocycles. The highest BCUT2D eigenvalue weighted by Crippen LogP contribution is 2.24. The van der Waals surface area contributed by atoms with E-state index in [1.807, 2.05) is 0 Å². The van der Waals surface area contributed by atoms with Crippen LogP contribution in [0.2, 0.25) is 0 Å². The minimum absolute atomic E-state index is 0.0282. The van der Waals surface area contributed by atoms with Crippen LogP contribution >= 0.6 is 0 Å². The molecule has 2 aromatic rings. The van der Waals surface area contributed by atoms with Gasteiger partial charge in [0.15, 0.2) is 23.3 Å². The Morgan fingerprint density at radius 2 is 1.24 bits per heavy atom. The summed E-state index contributed by atoms with van der Waals surface area (Å²) in [5.74, 6) is -15.6. The number of benzene rings is 1. The van der Waals surface area contributed by atoms with E-state index in [2.05, 4.69) is 4.84 Å². The lowest BCUT2D eigenvalue weighted by molar-refractivity contribution is 0.0367. The monoisotopic (exact) mass is 309 g/mol. The summed E-state index contributed by atoms with van der Waals surface area (Å²) in [7, 11) is 0. The molecule has 1 heterocycles. The maximum absolute atomic E-state index is 13.3. The summed E-state index contributed by atoms with van der Waals surface area (Å²) in [6.07, 6.45) is 0. The number of carbonyl (C=O) groups excluding carboxylic acids is 1. The quantitative estimate of drug-likeness (QED) is 0.505. The molecule has 0 unspecified atom stereocenters. The van der Waals surface area contributed by atoms with Gasteiger partial charge in [-0.15, -0.1) is 4.73 Å². The molecule has 1 aromatic carbocycles. The number of halogens is 5. The van der Waals surface area contributed by atoms with Gasteiger partial charge < -0.3 is 15.1 Å². The zero-order valence-corrected chi connectivity index (χ0v) is 9.70. The van der Waals surface area contributed by atoms with E-state index in [4.69, 9.17) is 10.2 Å². The molecule has 0 spiro atoms. The van der Waals surface area contributed by atoms with Crippen LogP contribution in [0.1, 0.15) is 10.4 Å². The van der Waals surface area contributed by atoms with Gasteiger partial charge >= 0.3 is 5.97 Å². The van der Waals surface area contributed by atoms with Crippen molar-refractivity contribution in [2.75, 3.05) is 0 Å². The van der Waals surface area contributed by atoms with E-state index in [0.29, 0.717) is 0 Å². The first-order valence-electron chi connectivity index (χ1n) is 5.09. The van der Waals surface area contributed by atoms with Gasteiger partial charge in [-0.25, -0.2) is 26.7 Å². The summed E-state index contributed by atoms with van der Waals surface area (Å²) in [6, 6.07) is 1.70. The molecular weight excluding hydrogens is 305 g/mol. The minimum atomic E-state index is -2.44. The average molecular weight is 309 g/mol. The van der Waals surface area contributed by atoms with Gasteiger partial charge in [-0.05, 0) is 0 Å². The first kappa shape index (κ1) is 14.6. The van der Waals surface area contributed by atoms with Crippen molar-refractivity contribution in [3.63, 3.8) is 0 Å². The van der Waals surface area contributed by atoms with E-state index in [-0.39, 0.29) is 4.73 Å². The van der Waals surface area contributed by atoms with Crippen LogP contribution in [0, 0.1) is 29.1 Å². The molecule has 21 heavy (non-hydrogen) atoms. The number of nitrogens with zero attached hydrogens (tertiary/aromatic N) is 1. The van der Waals surface area contributed by atoms with E-state index in [9.17, 15) is 26.7 Å². The molecule has 0 saturated heterocycles. The summed E-state index contributed by atoms with van der Waals surface area (Å²) in [6.45, 7) is 0. The van der Waals surface area contributed by atoms with Crippen molar-refractivity contribution in [1.29, 1.82) is 0 Å². The van der Waals surface area contributed by atoms with Crippen molar-refractivity contribution in [2.24, 2.45) is 0 Å². The highest BCUT2D eigenvalue weighted by molar-refractivity contribution is 5.90. The molecule has 0 bridgehead atoms. The summed E-state index contributed by atoms with van der Waals surface area (Å²) in [5.41, 5.74) is -1.86. The molecule has 0 aliphatic carbocycles. The number of rotatable bonds is 2. The predicted molar refractivity (Wildman–Crippen MR) is 54.9 cm³/mol. The van der Waals surface area contributed by atoms with Crippen LogP contribution in [0.4, 0.5) is 22.0 Å². The van der Waals surface area contributed by atoms with Gasteiger partial charge in [-0.1, -0.05) is 0 Å². The Morgan fingerprint density at radius 1 is 0.857 bits per heavy atom. The third-order valence-electron chi connectivity index (χ3n) is 2.39. The van der Waals surface area contributed by atoms with Crippen molar-refractivity contribution >= 4 is 5.97 Å². The fraction of sp³-hybridized carbons (Fsp3) is 0. The van der Waals surface area contributed by atoms with E-state index < -0.39 is 52.4 Å². The Bertz CT molecular complexity index is 694. The number of carbonyl (C=O) groups is 1. The van der Waals surface area contributed by atoms with Crippen molar-refractivity contribution in [3.8, 4) is 11.8 Å². The number of hydrogen-bond acceptors (Lipinski definition) is 4. The number of aromatic nitrogens is 1. The summed E-state index contributed by atoms with van der Waals surface area (Å²) in [4.78, 5) is 15.6. The Morgan fingerprint density at radius 3 is 1.67 bits per heavy atom. The van der Waals surface area contributed by atoms with Crippen LogP contribution in [0.3, 0.4) is 0 Å². The molecule has 0 aliphatic rings. The van der Waals surface area contributed by atoms with Gasteiger partial charge in [0.1, 0.15) is 5.56 Å². The van der Waals surface area contributed by atoms with Crippen LogP contribution in [-0.4, -0.2) is 20.9 Å². The second kappa shape index (κ2) is 4.96. The molecule has 0 fully saturated rings. The van der Waals surface area contributed by atoms with E-state index in [1.165, 1.54) is 0 Å². The van der Waals surface area contributed by atoms with Crippen LogP contribution in [0.15, 0.2) is 12.1 Å². The Kier molecular flexibility index (Phi) is 3.45. The van der Waals surface area contributed by atoms with Gasteiger partial charge in [-0.3, -0.25) is 0 Å². The Labute approximate surface area is 112 Å². The topological polar surface area (TPSA) is 71.7 Å². The molecular formula is C11H4F5NO4. The van der Waals surface area contributed by atoms with Crippen molar-refractivity contribution in [1.82, 2.24) is 4.73 Å². The van der Waals surface area contributed by atoms with Gasteiger partial charge in [-0.2, -0.15) is 0 Å². The first-order chi connectivity index (χ1) is 9.75. The Hall–Kier alpha value is -2.78. The van der Waals surface area contributed by atoms with Crippen molar-refractivity contribution in [3.05, 3.63) is 46.8 Å². The third kappa shape index (κ3) is 2.24. The molecule has 10 heteroatoms. The largest absolute Gasteiger partial charge is 0.492 e. The Balaban J connectivity index is 2.50. The lowest BCUT2D eigenvalue weighted by Crippen LogP contribution is -2.23. The van der Waals surface area contributed by atoms with E-state index in [0.717, 1.165) is 12.1 Å². The summed E-state index contributed by atoms with van der Waals surface area (Å²) < 4.78 is 65.3. The SMILES string of the molecule is O=C(On1c(O)ccc1O)c1c(F)c(F)c(F)c(F)c1F. The lowest BCUT2D eigenvalue weighted by Gasteiger charge is -2.09. The number of aromatic hydroxyl groups is 2. The second-order valence-corrected chi connectivity index (χ2v) is 3.67. The minimum Gasteiger partial charge on any atom is -0.492 e. The van der Waals surface area contributed by atoms with Crippen LogP contribution in [-0.2, 0) is 0 Å². The maximum Gasteiger partial charge on any atom is 0.370 e. The highest BCUT2D eigenvalue weighted by Gasteiger charge is 2.31. The number of hydrogen-bond donors (Lipinski definition) is 2. The standard InChI is InChI=1S/C11H4F5NO4/c12-6-5(7(13)9(15)10(16)8(6)14)11(20)21-17-3(18)1-2-4(17)19/h1-2,18-19H. The molecule has 0 atom stereocenters. The molecule has 5 nitrogen and oxygen atoms in total. The maximum atomic E-state index is 13.3. The van der Waals surface area contributed by atoms with E-state index in [1.54, 1.807) is 0 Å². The molecule has 0 aliphatic heterocycles. The average Bonchev–Trinajstić information content (AvgIpc) is 2.75. The molecule has 2 rings (SSSR count). The zero-order valence-electron chi connectivity index (χ0n) is 9.70. The van der Waals surface area contributed by atoms with Gasteiger partial charge in [0.2, 0.25) is 17.6 Å². The van der Waals surface area contributed by atoms with Crippen LogP contribution < -0.4 is 4.84 Å². The normalized spacial score (nSPS) is 10.7. The fourth-order valence-electron chi connectivity index (χ4n) is 1.41. The fourth-order valence-corrected chi connectivity index (χ4v) is 1.41. The van der Waals surface area contributed by atoms with Crippen LogP contribution in [0.25, 0.3) is 0 Å². The first-order valence-corrected chi connectivity index (χ1v) is 5.09.